The Labute approximate surface area is 156 Å². The highest BCUT2D eigenvalue weighted by Gasteiger charge is 2.58. The molecule has 3 heteroatoms. The molecule has 0 aromatic carbocycles. The van der Waals surface area contributed by atoms with E-state index in [0.29, 0.717) is 0 Å². The van der Waals surface area contributed by atoms with Gasteiger partial charge in [-0.25, -0.2) is 0 Å². The first kappa shape index (κ1) is 18.7. The van der Waals surface area contributed by atoms with Crippen molar-refractivity contribution in [3.63, 3.8) is 0 Å². The summed E-state index contributed by atoms with van der Waals surface area (Å²) in [6.07, 6.45) is 24.1. The monoisotopic (exact) mass is 367 g/mol. The van der Waals surface area contributed by atoms with Crippen LogP contribution < -0.4 is 0 Å². The van der Waals surface area contributed by atoms with Gasteiger partial charge in [-0.3, -0.25) is 0 Å². The third kappa shape index (κ3) is 4.12. The van der Waals surface area contributed by atoms with E-state index in [1.165, 1.54) is 102 Å². The van der Waals surface area contributed by atoms with Gasteiger partial charge in [-0.1, -0.05) is 19.3 Å². The van der Waals surface area contributed by atoms with Gasteiger partial charge < -0.3 is 9.47 Å². The molecule has 0 N–H and O–H groups in total. The predicted molar refractivity (Wildman–Crippen MR) is 108 cm³/mol. The topological polar surface area (TPSA) is 18.5 Å². The average Bonchev–Trinajstić information content (AvgIpc) is 3.21. The molecule has 25 heavy (non-hydrogen) atoms. The van der Waals surface area contributed by atoms with Crippen LogP contribution in [0.5, 0.6) is 0 Å². The quantitative estimate of drug-likeness (QED) is 0.525. The summed E-state index contributed by atoms with van der Waals surface area (Å²) in [4.78, 5) is 0. The second-order valence-electron chi connectivity index (χ2n) is 9.22. The zero-order valence-corrected chi connectivity index (χ0v) is 17.2. The van der Waals surface area contributed by atoms with Crippen molar-refractivity contribution in [2.45, 2.75) is 120 Å². The Hall–Kier alpha value is 0.350. The van der Waals surface area contributed by atoms with E-state index in [9.17, 15) is 0 Å². The van der Waals surface area contributed by atoms with Gasteiger partial charge in [0.2, 0.25) is 0 Å². The molecule has 4 fully saturated rings. The summed E-state index contributed by atoms with van der Waals surface area (Å²) in [5, 5.41) is 0. The number of rotatable bonds is 5. The molecule has 3 aliphatic carbocycles. The van der Waals surface area contributed by atoms with Crippen LogP contribution in [0.4, 0.5) is 0 Å². The zero-order chi connectivity index (χ0) is 17.0. The molecule has 1 heterocycles. The summed E-state index contributed by atoms with van der Waals surface area (Å²) < 4.78 is 12.2. The molecule has 0 unspecified atom stereocenters. The molecule has 0 aromatic rings. The minimum Gasteiger partial charge on any atom is -0.347 e. The van der Waals surface area contributed by atoms with E-state index in [4.69, 9.17) is 9.47 Å². The first-order chi connectivity index (χ1) is 12.4. The lowest BCUT2D eigenvalue weighted by Gasteiger charge is -2.49. The maximum Gasteiger partial charge on any atom is 0.191 e. The smallest absolute Gasteiger partial charge is 0.191 e. The third-order valence-corrected chi connectivity index (χ3v) is 14.5. The second kappa shape index (κ2) is 9.03. The van der Waals surface area contributed by atoms with Gasteiger partial charge >= 0.3 is 0 Å². The molecule has 0 aromatic heterocycles. The van der Waals surface area contributed by atoms with E-state index in [1.54, 1.807) is 0 Å². The highest BCUT2D eigenvalue weighted by Crippen LogP contribution is 2.77. The van der Waals surface area contributed by atoms with Crippen molar-refractivity contribution in [1.29, 1.82) is 0 Å². The Morgan fingerprint density at radius 1 is 0.520 bits per heavy atom. The van der Waals surface area contributed by atoms with E-state index < -0.39 is 7.26 Å². The fourth-order valence-corrected chi connectivity index (χ4v) is 14.2. The normalized spacial score (nSPS) is 29.3. The molecule has 0 spiro atoms. The van der Waals surface area contributed by atoms with Gasteiger partial charge in [-0.2, -0.15) is 0 Å². The van der Waals surface area contributed by atoms with Gasteiger partial charge in [-0.15, -0.1) is 0 Å². The molecule has 0 amide bonds. The molecule has 0 radical (unpaired) electrons. The SMILES string of the molecule is C1CCC([P+](CC2OCCO2)(C2CCCCC2)C2CCCCC2)CC1. The maximum atomic E-state index is 6.09. The molecule has 1 saturated heterocycles. The molecular formula is C22H40O2P+. The summed E-state index contributed by atoms with van der Waals surface area (Å²) in [7, 11) is -1.02. The van der Waals surface area contributed by atoms with Crippen LogP contribution in [0.15, 0.2) is 0 Å². The van der Waals surface area contributed by atoms with Crippen LogP contribution in [-0.4, -0.2) is 42.6 Å². The van der Waals surface area contributed by atoms with Crippen molar-refractivity contribution in [2.75, 3.05) is 19.4 Å². The molecule has 4 rings (SSSR count). The molecule has 1 aliphatic heterocycles. The minimum atomic E-state index is -1.02. The fourth-order valence-electron chi connectivity index (χ4n) is 6.80. The molecule has 4 aliphatic rings. The first-order valence-corrected chi connectivity index (χ1v) is 13.7. The van der Waals surface area contributed by atoms with E-state index in [0.717, 1.165) is 30.2 Å². The van der Waals surface area contributed by atoms with Gasteiger partial charge in [0.05, 0.1) is 30.2 Å². The van der Waals surface area contributed by atoms with Crippen LogP contribution in [0, 0.1) is 0 Å². The number of hydrogen-bond acceptors (Lipinski definition) is 2. The Bertz CT molecular complexity index is 343. The largest absolute Gasteiger partial charge is 0.347 e. The van der Waals surface area contributed by atoms with E-state index in [-0.39, 0.29) is 6.29 Å². The molecule has 0 bridgehead atoms. The highest BCUT2D eigenvalue weighted by molar-refractivity contribution is 7.78. The van der Waals surface area contributed by atoms with Crippen molar-refractivity contribution >= 4 is 7.26 Å². The lowest BCUT2D eigenvalue weighted by molar-refractivity contribution is -0.0233. The van der Waals surface area contributed by atoms with Crippen LogP contribution in [-0.2, 0) is 9.47 Å². The minimum absolute atomic E-state index is 0.152. The van der Waals surface area contributed by atoms with Crippen molar-refractivity contribution < 1.29 is 9.47 Å². The summed E-state index contributed by atoms with van der Waals surface area (Å²) in [6, 6.07) is 0. The van der Waals surface area contributed by atoms with Gasteiger partial charge in [0, 0.05) is 7.26 Å². The first-order valence-electron chi connectivity index (χ1n) is 11.5. The molecular weight excluding hydrogens is 327 g/mol. The van der Waals surface area contributed by atoms with Crippen molar-refractivity contribution in [3.05, 3.63) is 0 Å². The van der Waals surface area contributed by atoms with Crippen molar-refractivity contribution in [2.24, 2.45) is 0 Å². The maximum absolute atomic E-state index is 6.09. The van der Waals surface area contributed by atoms with Crippen molar-refractivity contribution in [3.8, 4) is 0 Å². The van der Waals surface area contributed by atoms with Gasteiger partial charge in [0.15, 0.2) is 6.29 Å². The summed E-state index contributed by atoms with van der Waals surface area (Å²) in [5.41, 5.74) is 3.17. The standard InChI is InChI=1S/C22H40O2P/c1-4-10-19(11-5-1)25(18-22-23-16-17-24-22,20-12-6-2-7-13-20)21-14-8-3-9-15-21/h19-22H,1-18H2/q+1. The lowest BCUT2D eigenvalue weighted by Crippen LogP contribution is -2.40. The van der Waals surface area contributed by atoms with Gasteiger partial charge in [-0.05, 0) is 77.0 Å². The van der Waals surface area contributed by atoms with Crippen LogP contribution in [0.1, 0.15) is 96.3 Å². The summed E-state index contributed by atoms with van der Waals surface area (Å²) in [5.74, 6) is 0. The number of ether oxygens (including phenoxy) is 2. The van der Waals surface area contributed by atoms with Crippen LogP contribution in [0.2, 0.25) is 0 Å². The Balaban J connectivity index is 1.65. The number of hydrogen-bond donors (Lipinski definition) is 0. The van der Waals surface area contributed by atoms with Gasteiger partial charge in [0.25, 0.3) is 0 Å². The second-order valence-corrected chi connectivity index (χ2v) is 13.8. The molecule has 0 atom stereocenters. The van der Waals surface area contributed by atoms with Crippen LogP contribution in [0.25, 0.3) is 0 Å². The fraction of sp³-hybridized carbons (Fsp3) is 1.00. The van der Waals surface area contributed by atoms with E-state index >= 15 is 0 Å². The Morgan fingerprint density at radius 3 is 1.24 bits per heavy atom. The lowest BCUT2D eigenvalue weighted by atomic mass is 9.99. The van der Waals surface area contributed by atoms with Crippen LogP contribution in [0.3, 0.4) is 0 Å². The molecule has 2 nitrogen and oxygen atoms in total. The predicted octanol–water partition coefficient (Wildman–Crippen LogP) is 6.38. The average molecular weight is 368 g/mol. The summed E-state index contributed by atoms with van der Waals surface area (Å²) in [6.45, 7) is 1.68. The van der Waals surface area contributed by atoms with E-state index in [1.807, 2.05) is 0 Å². The summed E-state index contributed by atoms with van der Waals surface area (Å²) >= 11 is 0. The van der Waals surface area contributed by atoms with Crippen molar-refractivity contribution in [1.82, 2.24) is 0 Å². The zero-order valence-electron chi connectivity index (χ0n) is 16.3. The Kier molecular flexibility index (Phi) is 6.75. The molecule has 144 valence electrons. The van der Waals surface area contributed by atoms with Crippen LogP contribution >= 0.6 is 7.26 Å². The molecule has 3 saturated carbocycles. The van der Waals surface area contributed by atoms with E-state index in [2.05, 4.69) is 0 Å². The highest BCUT2D eigenvalue weighted by atomic mass is 31.2. The Morgan fingerprint density at radius 2 is 0.880 bits per heavy atom. The third-order valence-electron chi connectivity index (χ3n) is 7.92. The van der Waals surface area contributed by atoms with Gasteiger partial charge in [0.1, 0.15) is 6.16 Å².